The summed E-state index contributed by atoms with van der Waals surface area (Å²) in [5.74, 6) is -0.164. The van der Waals surface area contributed by atoms with Crippen LogP contribution >= 0.6 is 0 Å². The van der Waals surface area contributed by atoms with Gasteiger partial charge in [0.05, 0.1) is 16.0 Å². The number of pyridine rings is 2. The Hall–Kier alpha value is -3.52. The van der Waals surface area contributed by atoms with Gasteiger partial charge in [0.25, 0.3) is 5.91 Å². The predicted octanol–water partition coefficient (Wildman–Crippen LogP) is 4.32. The van der Waals surface area contributed by atoms with Crippen LogP contribution in [-0.2, 0) is 16.4 Å². The molecule has 1 amide bonds. The van der Waals surface area contributed by atoms with E-state index in [-0.39, 0.29) is 28.0 Å². The maximum absolute atomic E-state index is 12.7. The van der Waals surface area contributed by atoms with Crippen LogP contribution in [0.3, 0.4) is 0 Å². The number of carbonyl (C=O) groups is 1. The van der Waals surface area contributed by atoms with Crippen molar-refractivity contribution in [1.29, 1.82) is 0 Å². The van der Waals surface area contributed by atoms with Crippen LogP contribution < -0.4 is 5.32 Å². The quantitative estimate of drug-likeness (QED) is 0.499. The largest absolute Gasteiger partial charge is 0.449 e. The molecule has 3 heterocycles. The number of nitrogens with one attached hydrogen (secondary N) is 1. The molecule has 0 aliphatic rings. The molecule has 1 aromatic carbocycles. The number of aryl methyl sites for hydroxylation is 1. The van der Waals surface area contributed by atoms with Crippen molar-refractivity contribution in [3.63, 3.8) is 0 Å². The van der Waals surface area contributed by atoms with E-state index in [4.69, 9.17) is 4.42 Å². The van der Waals surface area contributed by atoms with Crippen molar-refractivity contribution in [3.8, 4) is 0 Å². The molecule has 0 aliphatic carbocycles. The van der Waals surface area contributed by atoms with Gasteiger partial charge in [-0.15, -0.1) is 0 Å². The minimum absolute atomic E-state index is 0.142. The molecule has 31 heavy (non-hydrogen) atoms. The Morgan fingerprint density at radius 1 is 1.00 bits per heavy atom. The third kappa shape index (κ3) is 4.97. The first-order valence-electron chi connectivity index (χ1n) is 9.82. The molecule has 0 bridgehead atoms. The summed E-state index contributed by atoms with van der Waals surface area (Å²) >= 11 is 0. The highest BCUT2D eigenvalue weighted by Crippen LogP contribution is 2.21. The minimum atomic E-state index is -3.63. The Morgan fingerprint density at radius 3 is 2.35 bits per heavy atom. The molecule has 3 aromatic heterocycles. The SMILES string of the molecule is CC.Cc1ccc(S(=O)(=O)c2ccc(CNC(=O)c3cc4ccncc4o3)cc2)cn1. The molecule has 160 valence electrons. The molecule has 1 N–H and O–H groups in total. The van der Waals surface area contributed by atoms with Crippen molar-refractivity contribution in [2.24, 2.45) is 0 Å². The van der Waals surface area contributed by atoms with Gasteiger partial charge in [0, 0.05) is 30.0 Å². The summed E-state index contributed by atoms with van der Waals surface area (Å²) < 4.78 is 30.8. The summed E-state index contributed by atoms with van der Waals surface area (Å²) in [5, 5.41) is 3.56. The number of benzene rings is 1. The fraction of sp³-hybridized carbons (Fsp3) is 0.174. The van der Waals surface area contributed by atoms with Crippen LogP contribution in [0.1, 0.15) is 35.7 Å². The van der Waals surface area contributed by atoms with Crippen molar-refractivity contribution in [2.75, 3.05) is 0 Å². The Balaban J connectivity index is 0.00000132. The summed E-state index contributed by atoms with van der Waals surface area (Å²) in [5.41, 5.74) is 2.05. The van der Waals surface area contributed by atoms with Gasteiger partial charge in [-0.25, -0.2) is 8.42 Å². The van der Waals surface area contributed by atoms with Gasteiger partial charge in [-0.2, -0.15) is 0 Å². The first-order chi connectivity index (χ1) is 14.9. The number of hydrogen-bond donors (Lipinski definition) is 1. The van der Waals surface area contributed by atoms with Crippen molar-refractivity contribution < 1.29 is 17.6 Å². The highest BCUT2D eigenvalue weighted by molar-refractivity contribution is 7.91. The summed E-state index contributed by atoms with van der Waals surface area (Å²) in [6, 6.07) is 13.0. The van der Waals surface area contributed by atoms with E-state index >= 15 is 0 Å². The molecular formula is C23H23N3O4S. The first-order valence-corrected chi connectivity index (χ1v) is 11.3. The predicted molar refractivity (Wildman–Crippen MR) is 117 cm³/mol. The molecule has 0 saturated carbocycles. The molecule has 4 aromatic rings. The average molecular weight is 438 g/mol. The fourth-order valence-electron chi connectivity index (χ4n) is 2.80. The minimum Gasteiger partial charge on any atom is -0.449 e. The van der Waals surface area contributed by atoms with E-state index in [2.05, 4.69) is 15.3 Å². The lowest BCUT2D eigenvalue weighted by Crippen LogP contribution is -2.22. The van der Waals surface area contributed by atoms with Crippen molar-refractivity contribution in [1.82, 2.24) is 15.3 Å². The second-order valence-corrected chi connectivity index (χ2v) is 8.44. The molecule has 0 aliphatic heterocycles. The summed E-state index contributed by atoms with van der Waals surface area (Å²) in [7, 11) is -3.63. The molecule has 0 fully saturated rings. The summed E-state index contributed by atoms with van der Waals surface area (Å²) in [4.78, 5) is 20.6. The van der Waals surface area contributed by atoms with Gasteiger partial charge in [0.15, 0.2) is 11.3 Å². The lowest BCUT2D eigenvalue weighted by molar-refractivity contribution is 0.0925. The number of furan rings is 1. The lowest BCUT2D eigenvalue weighted by Gasteiger charge is -2.07. The first kappa shape index (κ1) is 22.2. The zero-order valence-electron chi connectivity index (χ0n) is 17.5. The number of nitrogens with zero attached hydrogens (tertiary/aromatic N) is 2. The fourth-order valence-corrected chi connectivity index (χ4v) is 4.01. The third-order valence-corrected chi connectivity index (χ3v) is 6.18. The summed E-state index contributed by atoms with van der Waals surface area (Å²) in [6.07, 6.45) is 4.53. The zero-order valence-corrected chi connectivity index (χ0v) is 18.3. The van der Waals surface area contributed by atoms with E-state index in [1.807, 2.05) is 13.8 Å². The Kier molecular flexibility index (Phi) is 6.81. The second kappa shape index (κ2) is 9.53. The highest BCUT2D eigenvalue weighted by Gasteiger charge is 2.18. The van der Waals surface area contributed by atoms with E-state index in [0.29, 0.717) is 5.58 Å². The van der Waals surface area contributed by atoms with E-state index < -0.39 is 9.84 Å². The molecule has 4 rings (SSSR count). The number of aromatic nitrogens is 2. The molecule has 0 spiro atoms. The van der Waals surface area contributed by atoms with Gasteiger partial charge in [0.2, 0.25) is 9.84 Å². The average Bonchev–Trinajstić information content (AvgIpc) is 3.24. The highest BCUT2D eigenvalue weighted by atomic mass is 32.2. The molecule has 8 heteroatoms. The Bertz CT molecular complexity index is 1250. The number of carbonyl (C=O) groups excluding carboxylic acids is 1. The van der Waals surface area contributed by atoms with Crippen LogP contribution in [-0.4, -0.2) is 24.3 Å². The number of hydrogen-bond acceptors (Lipinski definition) is 6. The van der Waals surface area contributed by atoms with Gasteiger partial charge in [-0.1, -0.05) is 26.0 Å². The molecule has 0 atom stereocenters. The van der Waals surface area contributed by atoms with E-state index in [1.165, 1.54) is 24.4 Å². The third-order valence-electron chi connectivity index (χ3n) is 4.43. The van der Waals surface area contributed by atoms with Crippen LogP contribution in [0.15, 0.2) is 81.3 Å². The molecular weight excluding hydrogens is 414 g/mol. The molecule has 7 nitrogen and oxygen atoms in total. The monoisotopic (exact) mass is 437 g/mol. The molecule has 0 unspecified atom stereocenters. The van der Waals surface area contributed by atoms with E-state index in [0.717, 1.165) is 16.6 Å². The zero-order chi connectivity index (χ0) is 22.4. The molecule has 0 saturated heterocycles. The summed E-state index contributed by atoms with van der Waals surface area (Å²) in [6.45, 7) is 6.03. The number of fused-ring (bicyclic) bond motifs is 1. The lowest BCUT2D eigenvalue weighted by atomic mass is 10.2. The van der Waals surface area contributed by atoms with Crippen LogP contribution in [0.4, 0.5) is 0 Å². The van der Waals surface area contributed by atoms with Crippen molar-refractivity contribution in [2.45, 2.75) is 37.1 Å². The Labute approximate surface area is 181 Å². The van der Waals surface area contributed by atoms with E-state index in [1.54, 1.807) is 49.6 Å². The van der Waals surface area contributed by atoms with Crippen LogP contribution in [0.5, 0.6) is 0 Å². The number of rotatable bonds is 5. The number of sulfone groups is 1. The van der Waals surface area contributed by atoms with Gasteiger partial charge in [0.1, 0.15) is 0 Å². The smallest absolute Gasteiger partial charge is 0.287 e. The van der Waals surface area contributed by atoms with Gasteiger partial charge in [-0.05, 0) is 48.9 Å². The second-order valence-electron chi connectivity index (χ2n) is 6.49. The van der Waals surface area contributed by atoms with Gasteiger partial charge < -0.3 is 9.73 Å². The normalized spacial score (nSPS) is 10.9. The Morgan fingerprint density at radius 2 is 1.71 bits per heavy atom. The van der Waals surface area contributed by atoms with Crippen molar-refractivity contribution >= 4 is 26.7 Å². The molecule has 0 radical (unpaired) electrons. The van der Waals surface area contributed by atoms with Crippen LogP contribution in [0, 0.1) is 6.92 Å². The van der Waals surface area contributed by atoms with E-state index in [9.17, 15) is 13.2 Å². The van der Waals surface area contributed by atoms with Crippen LogP contribution in [0.2, 0.25) is 0 Å². The van der Waals surface area contributed by atoms with Crippen molar-refractivity contribution in [3.05, 3.63) is 84.1 Å². The van der Waals surface area contributed by atoms with Crippen LogP contribution in [0.25, 0.3) is 11.0 Å². The maximum Gasteiger partial charge on any atom is 0.287 e. The van der Waals surface area contributed by atoms with Gasteiger partial charge >= 0.3 is 0 Å². The topological polar surface area (TPSA) is 102 Å². The number of amides is 1. The maximum atomic E-state index is 12.7. The van der Waals surface area contributed by atoms with Gasteiger partial charge in [-0.3, -0.25) is 14.8 Å². The standard InChI is InChI=1S/C21H17N3O4S.C2H6/c1-14-2-5-18(12-23-14)29(26,27)17-6-3-15(4-7-17)11-24-21(25)19-10-16-8-9-22-13-20(16)28-19;1-2/h2-10,12-13H,11H2,1H3,(H,24,25);1-2H3.